The molecule has 0 aromatic rings. The van der Waals surface area contributed by atoms with Crippen molar-refractivity contribution in [2.24, 2.45) is 0 Å². The maximum Gasteiger partial charge on any atom is 0.0897 e. The first-order valence-electron chi connectivity index (χ1n) is 6.26. The maximum absolute atomic E-state index is 9.64. The van der Waals surface area contributed by atoms with E-state index in [2.05, 4.69) is 12.2 Å². The molecule has 0 bridgehead atoms. The predicted octanol–water partition coefficient (Wildman–Crippen LogP) is 0.169. The van der Waals surface area contributed by atoms with Crippen LogP contribution in [0.3, 0.4) is 0 Å². The zero-order valence-electron chi connectivity index (χ0n) is 10.9. The summed E-state index contributed by atoms with van der Waals surface area (Å²) in [4.78, 5) is 0. The highest BCUT2D eigenvalue weighted by atomic mass is 16.5. The van der Waals surface area contributed by atoms with Crippen molar-refractivity contribution in [1.82, 2.24) is 5.32 Å². The average Bonchev–Trinajstić information content (AvgIpc) is 2.72. The van der Waals surface area contributed by atoms with Crippen LogP contribution >= 0.6 is 0 Å². The van der Waals surface area contributed by atoms with E-state index in [0.29, 0.717) is 26.4 Å². The molecule has 0 aromatic heterocycles. The first kappa shape index (κ1) is 14.9. The normalized spacial score (nSPS) is 26.3. The van der Waals surface area contributed by atoms with Crippen LogP contribution in [-0.2, 0) is 14.2 Å². The van der Waals surface area contributed by atoms with E-state index in [0.717, 1.165) is 26.0 Å². The molecule has 102 valence electrons. The summed E-state index contributed by atoms with van der Waals surface area (Å²) in [7, 11) is 1.63. The summed E-state index contributed by atoms with van der Waals surface area (Å²) in [5, 5.41) is 12.9. The summed E-state index contributed by atoms with van der Waals surface area (Å²) >= 11 is 0. The molecular formula is C12H25NO4. The summed E-state index contributed by atoms with van der Waals surface area (Å²) in [5.41, 5.74) is -0.0589. The molecule has 5 heteroatoms. The molecule has 1 rings (SSSR count). The third kappa shape index (κ3) is 6.33. The number of ether oxygens (including phenoxy) is 3. The molecule has 5 nitrogen and oxygen atoms in total. The van der Waals surface area contributed by atoms with Crippen LogP contribution in [0.4, 0.5) is 0 Å². The standard InChI is InChI=1S/C12H25NO4/c1-12(4-3-5-17-12)10-13-8-11(14)9-16-7-6-15-2/h11,13-14H,3-10H2,1-2H3. The van der Waals surface area contributed by atoms with Gasteiger partial charge in [-0.05, 0) is 19.8 Å². The van der Waals surface area contributed by atoms with Crippen LogP contribution in [0.25, 0.3) is 0 Å². The second-order valence-corrected chi connectivity index (χ2v) is 4.75. The van der Waals surface area contributed by atoms with E-state index in [-0.39, 0.29) is 5.60 Å². The Balaban J connectivity index is 1.97. The molecule has 1 heterocycles. The molecule has 0 radical (unpaired) electrons. The molecule has 1 saturated heterocycles. The smallest absolute Gasteiger partial charge is 0.0897 e. The molecule has 0 amide bonds. The Kier molecular flexibility index (Phi) is 6.99. The van der Waals surface area contributed by atoms with Crippen molar-refractivity contribution in [3.8, 4) is 0 Å². The Labute approximate surface area is 103 Å². The highest BCUT2D eigenvalue weighted by Crippen LogP contribution is 2.23. The molecule has 1 aliphatic heterocycles. The zero-order valence-corrected chi connectivity index (χ0v) is 10.9. The first-order valence-corrected chi connectivity index (χ1v) is 6.26. The molecule has 1 fully saturated rings. The Hall–Kier alpha value is -0.200. The molecule has 17 heavy (non-hydrogen) atoms. The van der Waals surface area contributed by atoms with Crippen LogP contribution < -0.4 is 5.32 Å². The summed E-state index contributed by atoms with van der Waals surface area (Å²) in [5.74, 6) is 0. The van der Waals surface area contributed by atoms with Crippen LogP contribution in [-0.4, -0.2) is 63.4 Å². The first-order chi connectivity index (χ1) is 8.16. The summed E-state index contributed by atoms with van der Waals surface area (Å²) in [6.07, 6.45) is 1.73. The number of rotatable bonds is 9. The van der Waals surface area contributed by atoms with Crippen molar-refractivity contribution in [1.29, 1.82) is 0 Å². The van der Waals surface area contributed by atoms with Gasteiger partial charge in [0.15, 0.2) is 0 Å². The van der Waals surface area contributed by atoms with Gasteiger partial charge < -0.3 is 24.6 Å². The van der Waals surface area contributed by atoms with Crippen molar-refractivity contribution < 1.29 is 19.3 Å². The molecule has 0 saturated carbocycles. The fourth-order valence-corrected chi connectivity index (χ4v) is 1.90. The molecule has 2 unspecified atom stereocenters. The maximum atomic E-state index is 9.64. The molecule has 0 aromatic carbocycles. The van der Waals surface area contributed by atoms with E-state index in [1.807, 2.05) is 0 Å². The van der Waals surface area contributed by atoms with E-state index in [9.17, 15) is 5.11 Å². The lowest BCUT2D eigenvalue weighted by Gasteiger charge is -2.24. The summed E-state index contributed by atoms with van der Waals surface area (Å²) in [6, 6.07) is 0. The number of aliphatic hydroxyl groups is 1. The minimum Gasteiger partial charge on any atom is -0.389 e. The van der Waals surface area contributed by atoms with Crippen LogP contribution in [0, 0.1) is 0 Å². The largest absolute Gasteiger partial charge is 0.389 e. The fourth-order valence-electron chi connectivity index (χ4n) is 1.90. The van der Waals surface area contributed by atoms with E-state index in [4.69, 9.17) is 14.2 Å². The summed E-state index contributed by atoms with van der Waals surface area (Å²) < 4.78 is 15.7. The Morgan fingerprint density at radius 2 is 2.29 bits per heavy atom. The Morgan fingerprint density at radius 3 is 2.94 bits per heavy atom. The lowest BCUT2D eigenvalue weighted by Crippen LogP contribution is -2.41. The molecule has 1 aliphatic rings. The van der Waals surface area contributed by atoms with Gasteiger partial charge in [0.2, 0.25) is 0 Å². The quantitative estimate of drug-likeness (QED) is 0.569. The number of nitrogens with one attached hydrogen (secondary N) is 1. The van der Waals surface area contributed by atoms with Gasteiger partial charge in [0.25, 0.3) is 0 Å². The third-order valence-electron chi connectivity index (χ3n) is 2.92. The third-order valence-corrected chi connectivity index (χ3v) is 2.92. The van der Waals surface area contributed by atoms with Crippen LogP contribution in [0.15, 0.2) is 0 Å². The monoisotopic (exact) mass is 247 g/mol. The lowest BCUT2D eigenvalue weighted by molar-refractivity contribution is 0.00258. The van der Waals surface area contributed by atoms with Crippen LogP contribution in [0.5, 0.6) is 0 Å². The Morgan fingerprint density at radius 1 is 1.47 bits per heavy atom. The molecule has 0 aliphatic carbocycles. The molecule has 2 N–H and O–H groups in total. The molecule has 2 atom stereocenters. The van der Waals surface area contributed by atoms with Crippen LogP contribution in [0.2, 0.25) is 0 Å². The number of methoxy groups -OCH3 is 1. The second kappa shape index (κ2) is 8.00. The second-order valence-electron chi connectivity index (χ2n) is 4.75. The predicted molar refractivity (Wildman–Crippen MR) is 65.2 cm³/mol. The van der Waals surface area contributed by atoms with Crippen molar-refractivity contribution in [2.75, 3.05) is 46.6 Å². The van der Waals surface area contributed by atoms with Gasteiger partial charge in [-0.25, -0.2) is 0 Å². The van der Waals surface area contributed by atoms with Gasteiger partial charge in [0.05, 0.1) is 31.5 Å². The van der Waals surface area contributed by atoms with E-state index >= 15 is 0 Å². The molecule has 0 spiro atoms. The SMILES string of the molecule is COCCOCC(O)CNCC1(C)CCCO1. The Bertz CT molecular complexity index is 195. The van der Waals surface area contributed by atoms with Gasteiger partial charge in [0.1, 0.15) is 0 Å². The van der Waals surface area contributed by atoms with Gasteiger partial charge in [-0.2, -0.15) is 0 Å². The fraction of sp³-hybridized carbons (Fsp3) is 1.00. The van der Waals surface area contributed by atoms with Crippen molar-refractivity contribution >= 4 is 0 Å². The summed E-state index contributed by atoms with van der Waals surface area (Å²) in [6.45, 7) is 5.69. The van der Waals surface area contributed by atoms with Gasteiger partial charge >= 0.3 is 0 Å². The average molecular weight is 247 g/mol. The van der Waals surface area contributed by atoms with Crippen molar-refractivity contribution in [3.63, 3.8) is 0 Å². The highest BCUT2D eigenvalue weighted by molar-refractivity contribution is 4.82. The topological polar surface area (TPSA) is 60.0 Å². The lowest BCUT2D eigenvalue weighted by atomic mass is 10.0. The minimum atomic E-state index is -0.475. The number of aliphatic hydroxyl groups excluding tert-OH is 1. The van der Waals surface area contributed by atoms with E-state index < -0.39 is 6.10 Å². The number of hydrogen-bond acceptors (Lipinski definition) is 5. The van der Waals surface area contributed by atoms with Crippen molar-refractivity contribution in [2.45, 2.75) is 31.5 Å². The van der Waals surface area contributed by atoms with Gasteiger partial charge in [-0.15, -0.1) is 0 Å². The van der Waals surface area contributed by atoms with E-state index in [1.54, 1.807) is 7.11 Å². The van der Waals surface area contributed by atoms with Crippen molar-refractivity contribution in [3.05, 3.63) is 0 Å². The highest BCUT2D eigenvalue weighted by Gasteiger charge is 2.29. The van der Waals surface area contributed by atoms with Gasteiger partial charge in [-0.3, -0.25) is 0 Å². The minimum absolute atomic E-state index is 0.0589. The van der Waals surface area contributed by atoms with E-state index in [1.165, 1.54) is 0 Å². The van der Waals surface area contributed by atoms with Gasteiger partial charge in [0, 0.05) is 26.8 Å². The van der Waals surface area contributed by atoms with Crippen LogP contribution in [0.1, 0.15) is 19.8 Å². The van der Waals surface area contributed by atoms with Gasteiger partial charge in [-0.1, -0.05) is 0 Å². The zero-order chi connectivity index (χ0) is 12.6. The molecular weight excluding hydrogens is 222 g/mol. The number of hydrogen-bond donors (Lipinski definition) is 2.